The zero-order chi connectivity index (χ0) is 27.8. The summed E-state index contributed by atoms with van der Waals surface area (Å²) in [6.07, 6.45) is 0. The van der Waals surface area contributed by atoms with E-state index < -0.39 is 10.0 Å². The number of nitrogens with one attached hydrogen (secondary N) is 1. The van der Waals surface area contributed by atoms with Crippen molar-refractivity contribution in [3.8, 4) is 11.5 Å². The van der Waals surface area contributed by atoms with Gasteiger partial charge in [-0.3, -0.25) is 9.10 Å². The minimum Gasteiger partial charge on any atom is -0.492 e. The average molecular weight is 565 g/mol. The molecule has 0 unspecified atom stereocenters. The first-order valence-corrected chi connectivity index (χ1v) is 14.2. The van der Waals surface area contributed by atoms with Gasteiger partial charge < -0.3 is 14.8 Å². The van der Waals surface area contributed by atoms with Gasteiger partial charge in [-0.15, -0.1) is 0 Å². The molecule has 4 aromatic carbocycles. The molecule has 0 radical (unpaired) electrons. The van der Waals surface area contributed by atoms with Crippen molar-refractivity contribution in [2.45, 2.75) is 25.3 Å². The summed E-state index contributed by atoms with van der Waals surface area (Å²) < 4.78 is 39.9. The molecule has 0 saturated carbocycles. The fraction of sp³-hybridized carbons (Fsp3) is 0.167. The number of halogens is 1. The summed E-state index contributed by atoms with van der Waals surface area (Å²) in [6.45, 7) is 4.13. The Morgan fingerprint density at radius 3 is 2.21 bits per heavy atom. The maximum absolute atomic E-state index is 13.7. The van der Waals surface area contributed by atoms with Crippen molar-refractivity contribution >= 4 is 38.9 Å². The molecule has 0 atom stereocenters. The van der Waals surface area contributed by atoms with Gasteiger partial charge in [0, 0.05) is 5.02 Å². The predicted molar refractivity (Wildman–Crippen MR) is 154 cm³/mol. The van der Waals surface area contributed by atoms with Crippen LogP contribution in [0.3, 0.4) is 0 Å². The summed E-state index contributed by atoms with van der Waals surface area (Å²) in [5, 5.41) is 3.35. The fourth-order valence-electron chi connectivity index (χ4n) is 3.80. The fourth-order valence-corrected chi connectivity index (χ4v) is 5.38. The van der Waals surface area contributed by atoms with Crippen LogP contribution in [0, 0.1) is 6.92 Å². The van der Waals surface area contributed by atoms with Gasteiger partial charge in [-0.25, -0.2) is 8.42 Å². The third kappa shape index (κ3) is 7.31. The number of rotatable bonds is 11. The Morgan fingerprint density at radius 1 is 0.872 bits per heavy atom. The highest BCUT2D eigenvalue weighted by Gasteiger charge is 2.25. The third-order valence-corrected chi connectivity index (χ3v) is 7.84. The Balaban J connectivity index is 1.50. The summed E-state index contributed by atoms with van der Waals surface area (Å²) >= 11 is 6.02. The third-order valence-electron chi connectivity index (χ3n) is 5.80. The maximum atomic E-state index is 13.7. The molecule has 9 heteroatoms. The lowest BCUT2D eigenvalue weighted by atomic mass is 10.2. The van der Waals surface area contributed by atoms with E-state index in [0.717, 1.165) is 11.1 Å². The number of anilines is 2. The smallest absolute Gasteiger partial charge is 0.264 e. The molecular formula is C30H29ClN2O5S. The lowest BCUT2D eigenvalue weighted by Crippen LogP contribution is -2.30. The number of carbonyl (C=O) groups excluding carboxylic acids is 1. The molecule has 1 N–H and O–H groups in total. The minimum absolute atomic E-state index is 0.106. The Kier molecular flexibility index (Phi) is 9.11. The Bertz CT molecular complexity index is 1510. The number of amides is 1. The molecule has 0 aliphatic heterocycles. The molecule has 0 fully saturated rings. The first kappa shape index (κ1) is 28.0. The summed E-state index contributed by atoms with van der Waals surface area (Å²) in [7, 11) is -3.88. The number of hydrogen-bond acceptors (Lipinski definition) is 5. The van der Waals surface area contributed by atoms with Crippen molar-refractivity contribution in [2.24, 2.45) is 0 Å². The molecule has 0 bridgehead atoms. The zero-order valence-corrected chi connectivity index (χ0v) is 23.2. The van der Waals surface area contributed by atoms with Gasteiger partial charge in [0.1, 0.15) is 11.5 Å². The number of nitrogens with zero attached hydrogens (tertiary/aromatic N) is 1. The second-order valence-corrected chi connectivity index (χ2v) is 11.0. The molecule has 0 spiro atoms. The molecule has 0 aliphatic carbocycles. The Morgan fingerprint density at radius 2 is 1.54 bits per heavy atom. The van der Waals surface area contributed by atoms with Crippen LogP contribution in [-0.4, -0.2) is 27.5 Å². The molecular weight excluding hydrogens is 536 g/mol. The summed E-state index contributed by atoms with van der Waals surface area (Å²) in [5.74, 6) is 0.650. The number of benzene rings is 4. The number of carbonyl (C=O) groups is 1. The van der Waals surface area contributed by atoms with Crippen LogP contribution < -0.4 is 19.1 Å². The van der Waals surface area contributed by atoms with E-state index in [-0.39, 0.29) is 24.0 Å². The average Bonchev–Trinajstić information content (AvgIpc) is 2.93. The SMILES string of the molecule is CCOc1ccccc1NC(=O)COc1ccc(N(Cc2ccc(Cl)cc2)S(=O)(=O)c2ccc(C)cc2)cc1. The quantitative estimate of drug-likeness (QED) is 0.226. The topological polar surface area (TPSA) is 84.9 Å². The van der Waals surface area contributed by atoms with Gasteiger partial charge in [0.2, 0.25) is 0 Å². The van der Waals surface area contributed by atoms with Crippen LogP contribution in [0.25, 0.3) is 0 Å². The number of ether oxygens (including phenoxy) is 2. The van der Waals surface area contributed by atoms with Crippen LogP contribution in [0.5, 0.6) is 11.5 Å². The van der Waals surface area contributed by atoms with E-state index in [4.69, 9.17) is 21.1 Å². The van der Waals surface area contributed by atoms with E-state index >= 15 is 0 Å². The monoisotopic (exact) mass is 564 g/mol. The lowest BCUT2D eigenvalue weighted by Gasteiger charge is -2.25. The summed E-state index contributed by atoms with van der Waals surface area (Å²) in [5.41, 5.74) is 2.75. The molecule has 1 amide bonds. The summed E-state index contributed by atoms with van der Waals surface area (Å²) in [6, 6.07) is 27.5. The largest absolute Gasteiger partial charge is 0.492 e. The number of hydrogen-bond donors (Lipinski definition) is 1. The van der Waals surface area contributed by atoms with E-state index in [1.165, 1.54) is 4.31 Å². The highest BCUT2D eigenvalue weighted by atomic mass is 35.5. The molecule has 0 aromatic heterocycles. The van der Waals surface area contributed by atoms with Crippen molar-refractivity contribution in [2.75, 3.05) is 22.8 Å². The Labute approximate surface area is 234 Å². The number of sulfonamides is 1. The van der Waals surface area contributed by atoms with Gasteiger partial charge in [-0.1, -0.05) is 53.6 Å². The van der Waals surface area contributed by atoms with Crippen LogP contribution in [0.15, 0.2) is 102 Å². The van der Waals surface area contributed by atoms with Crippen molar-refractivity contribution in [3.05, 3.63) is 113 Å². The van der Waals surface area contributed by atoms with Crippen LogP contribution >= 0.6 is 11.6 Å². The van der Waals surface area contributed by atoms with Crippen LogP contribution in [0.4, 0.5) is 11.4 Å². The molecule has 202 valence electrons. The van der Waals surface area contributed by atoms with Crippen molar-refractivity contribution in [1.82, 2.24) is 0 Å². The summed E-state index contributed by atoms with van der Waals surface area (Å²) in [4.78, 5) is 12.7. The normalized spacial score (nSPS) is 11.1. The van der Waals surface area contributed by atoms with Crippen LogP contribution in [0.2, 0.25) is 5.02 Å². The van der Waals surface area contributed by atoms with Crippen LogP contribution in [-0.2, 0) is 21.4 Å². The second kappa shape index (κ2) is 12.7. The van der Waals surface area contributed by atoms with Gasteiger partial charge in [0.15, 0.2) is 6.61 Å². The molecule has 4 aromatic rings. The highest BCUT2D eigenvalue weighted by Crippen LogP contribution is 2.29. The van der Waals surface area contributed by atoms with Gasteiger partial charge in [-0.2, -0.15) is 0 Å². The maximum Gasteiger partial charge on any atom is 0.264 e. The molecule has 0 heterocycles. The van der Waals surface area contributed by atoms with Gasteiger partial charge in [0.25, 0.3) is 15.9 Å². The second-order valence-electron chi connectivity index (χ2n) is 8.71. The first-order chi connectivity index (χ1) is 18.8. The highest BCUT2D eigenvalue weighted by molar-refractivity contribution is 7.92. The first-order valence-electron chi connectivity index (χ1n) is 12.3. The van der Waals surface area contributed by atoms with Crippen molar-refractivity contribution in [1.29, 1.82) is 0 Å². The standard InChI is InChI=1S/C30H29ClN2O5S/c1-3-37-29-7-5-4-6-28(29)32-30(34)21-38-26-16-14-25(15-17-26)33(20-23-10-12-24(31)13-11-23)39(35,36)27-18-8-22(2)9-19-27/h4-19H,3,20-21H2,1-2H3,(H,32,34). The van der Waals surface area contributed by atoms with E-state index in [2.05, 4.69) is 5.32 Å². The molecule has 39 heavy (non-hydrogen) atoms. The van der Waals surface area contributed by atoms with Gasteiger partial charge >= 0.3 is 0 Å². The Hall–Kier alpha value is -4.01. The van der Waals surface area contributed by atoms with Crippen molar-refractivity contribution < 1.29 is 22.7 Å². The molecule has 4 rings (SSSR count). The van der Waals surface area contributed by atoms with E-state index in [1.807, 2.05) is 19.9 Å². The van der Waals surface area contributed by atoms with Crippen LogP contribution in [0.1, 0.15) is 18.1 Å². The van der Waals surface area contributed by atoms with E-state index in [0.29, 0.717) is 34.5 Å². The minimum atomic E-state index is -3.88. The van der Waals surface area contributed by atoms with E-state index in [1.54, 1.807) is 91.0 Å². The molecule has 0 saturated heterocycles. The zero-order valence-electron chi connectivity index (χ0n) is 21.6. The van der Waals surface area contributed by atoms with E-state index in [9.17, 15) is 13.2 Å². The predicted octanol–water partition coefficient (Wildman–Crippen LogP) is 6.46. The number of aryl methyl sites for hydroxylation is 1. The molecule has 0 aliphatic rings. The van der Waals surface area contributed by atoms with Gasteiger partial charge in [-0.05, 0) is 80.1 Å². The van der Waals surface area contributed by atoms with Crippen molar-refractivity contribution in [3.63, 3.8) is 0 Å². The number of para-hydroxylation sites is 2. The lowest BCUT2D eigenvalue weighted by molar-refractivity contribution is -0.118. The molecule has 7 nitrogen and oxygen atoms in total. The van der Waals surface area contributed by atoms with Gasteiger partial charge in [0.05, 0.1) is 29.4 Å².